The molecule has 0 spiro atoms. The van der Waals surface area contributed by atoms with Crippen LogP contribution < -0.4 is 10.6 Å². The van der Waals surface area contributed by atoms with Crippen LogP contribution in [0.5, 0.6) is 0 Å². The summed E-state index contributed by atoms with van der Waals surface area (Å²) in [6.07, 6.45) is 5.95. The largest absolute Gasteiger partial charge is 0.465 e. The second-order valence-corrected chi connectivity index (χ2v) is 3.58. The van der Waals surface area contributed by atoms with Crippen LogP contribution >= 0.6 is 0 Å². The van der Waals surface area contributed by atoms with Crippen molar-refractivity contribution < 1.29 is 14.7 Å². The van der Waals surface area contributed by atoms with Crippen molar-refractivity contribution in [3.8, 4) is 12.3 Å². The van der Waals surface area contributed by atoms with Crippen LogP contribution in [0.25, 0.3) is 0 Å². The number of amides is 2. The predicted molar refractivity (Wildman–Crippen MR) is 54.1 cm³/mol. The number of hydrogen-bond acceptors (Lipinski definition) is 2. The highest BCUT2D eigenvalue weighted by Gasteiger charge is 2.30. The van der Waals surface area contributed by atoms with E-state index in [-0.39, 0.29) is 24.4 Å². The van der Waals surface area contributed by atoms with Crippen molar-refractivity contribution in [2.24, 2.45) is 5.92 Å². The Morgan fingerprint density at radius 2 is 2.20 bits per heavy atom. The second kappa shape index (κ2) is 5.25. The summed E-state index contributed by atoms with van der Waals surface area (Å²) in [6.45, 7) is 0.229. The fraction of sp³-hybridized carbons (Fsp3) is 0.600. The van der Waals surface area contributed by atoms with Gasteiger partial charge in [-0.2, -0.15) is 0 Å². The van der Waals surface area contributed by atoms with Crippen LogP contribution in [0.1, 0.15) is 19.3 Å². The van der Waals surface area contributed by atoms with Gasteiger partial charge in [-0.05, 0) is 19.3 Å². The van der Waals surface area contributed by atoms with Crippen molar-refractivity contribution in [3.63, 3.8) is 0 Å². The Morgan fingerprint density at radius 1 is 1.47 bits per heavy atom. The maximum Gasteiger partial charge on any atom is 0.404 e. The van der Waals surface area contributed by atoms with Gasteiger partial charge in [-0.15, -0.1) is 6.42 Å². The molecule has 1 saturated carbocycles. The quantitative estimate of drug-likeness (QED) is 0.581. The average Bonchev–Trinajstić information content (AvgIpc) is 2.61. The lowest BCUT2D eigenvalue weighted by Gasteiger charge is -2.10. The number of nitrogens with one attached hydrogen (secondary N) is 2. The molecule has 1 rings (SSSR count). The molecular formula is C10H14N2O3. The summed E-state index contributed by atoms with van der Waals surface area (Å²) in [6, 6.07) is -0.107. The van der Waals surface area contributed by atoms with Crippen LogP contribution in [-0.4, -0.2) is 29.7 Å². The van der Waals surface area contributed by atoms with Gasteiger partial charge < -0.3 is 15.7 Å². The maximum atomic E-state index is 11.5. The van der Waals surface area contributed by atoms with Crippen molar-refractivity contribution >= 4 is 12.0 Å². The van der Waals surface area contributed by atoms with E-state index in [9.17, 15) is 9.59 Å². The number of carbonyl (C=O) groups is 2. The van der Waals surface area contributed by atoms with E-state index in [1.54, 1.807) is 0 Å². The second-order valence-electron chi connectivity index (χ2n) is 3.58. The highest BCUT2D eigenvalue weighted by molar-refractivity contribution is 5.79. The Hall–Kier alpha value is -1.70. The zero-order valence-electron chi connectivity index (χ0n) is 8.32. The van der Waals surface area contributed by atoms with Crippen LogP contribution in [0.2, 0.25) is 0 Å². The molecule has 5 heteroatoms. The van der Waals surface area contributed by atoms with Gasteiger partial charge in [0.15, 0.2) is 0 Å². The Labute approximate surface area is 88.2 Å². The van der Waals surface area contributed by atoms with Crippen molar-refractivity contribution in [1.29, 1.82) is 0 Å². The first kappa shape index (κ1) is 11.4. The van der Waals surface area contributed by atoms with Crippen molar-refractivity contribution in [3.05, 3.63) is 0 Å². The van der Waals surface area contributed by atoms with Gasteiger partial charge in [0.25, 0.3) is 0 Å². The topological polar surface area (TPSA) is 78.4 Å². The Balaban J connectivity index is 2.32. The molecule has 2 atom stereocenters. The van der Waals surface area contributed by atoms with Gasteiger partial charge in [0.1, 0.15) is 0 Å². The molecule has 0 saturated heterocycles. The zero-order valence-corrected chi connectivity index (χ0v) is 8.32. The van der Waals surface area contributed by atoms with E-state index in [0.717, 1.165) is 0 Å². The molecule has 0 bridgehead atoms. The summed E-state index contributed by atoms with van der Waals surface area (Å²) in [5.74, 6) is 2.13. The number of hydrogen-bond donors (Lipinski definition) is 3. The van der Waals surface area contributed by atoms with Gasteiger partial charge >= 0.3 is 6.09 Å². The summed E-state index contributed by atoms with van der Waals surface area (Å²) in [4.78, 5) is 21.8. The molecule has 0 aromatic carbocycles. The van der Waals surface area contributed by atoms with Gasteiger partial charge in [-0.1, -0.05) is 5.92 Å². The number of carboxylic acid groups (broad SMARTS) is 1. The molecule has 3 N–H and O–H groups in total. The molecule has 5 nitrogen and oxygen atoms in total. The molecular weight excluding hydrogens is 196 g/mol. The molecule has 15 heavy (non-hydrogen) atoms. The molecule has 1 fully saturated rings. The average molecular weight is 210 g/mol. The molecule has 0 aliphatic heterocycles. The fourth-order valence-corrected chi connectivity index (χ4v) is 1.81. The van der Waals surface area contributed by atoms with Gasteiger partial charge in [0.2, 0.25) is 5.91 Å². The minimum atomic E-state index is -1.04. The minimum absolute atomic E-state index is 0.0809. The third kappa shape index (κ3) is 3.50. The van der Waals surface area contributed by atoms with E-state index in [0.29, 0.717) is 19.3 Å². The first-order valence-corrected chi connectivity index (χ1v) is 4.84. The molecule has 82 valence electrons. The lowest BCUT2D eigenvalue weighted by Crippen LogP contribution is -2.34. The Morgan fingerprint density at radius 3 is 2.80 bits per heavy atom. The number of terminal acetylenes is 1. The van der Waals surface area contributed by atoms with Gasteiger partial charge in [-0.25, -0.2) is 4.79 Å². The third-order valence-corrected chi connectivity index (χ3v) is 2.50. The van der Waals surface area contributed by atoms with E-state index >= 15 is 0 Å². The summed E-state index contributed by atoms with van der Waals surface area (Å²) in [5.41, 5.74) is 0. The first-order valence-electron chi connectivity index (χ1n) is 4.84. The smallest absolute Gasteiger partial charge is 0.404 e. The SMILES string of the molecule is C#CCNC(=O)C1CCC(NC(=O)O)C1. The van der Waals surface area contributed by atoms with Gasteiger partial charge in [0, 0.05) is 12.0 Å². The van der Waals surface area contributed by atoms with Crippen LogP contribution in [0.4, 0.5) is 4.79 Å². The molecule has 0 aromatic rings. The number of rotatable bonds is 3. The Bertz CT molecular complexity index is 296. The summed E-state index contributed by atoms with van der Waals surface area (Å²) < 4.78 is 0. The van der Waals surface area contributed by atoms with E-state index in [4.69, 9.17) is 11.5 Å². The lowest BCUT2D eigenvalue weighted by atomic mass is 10.1. The van der Waals surface area contributed by atoms with E-state index < -0.39 is 6.09 Å². The summed E-state index contributed by atoms with van der Waals surface area (Å²) >= 11 is 0. The molecule has 0 aromatic heterocycles. The van der Waals surface area contributed by atoms with Crippen molar-refractivity contribution in [2.45, 2.75) is 25.3 Å². The number of carbonyl (C=O) groups excluding carboxylic acids is 1. The van der Waals surface area contributed by atoms with E-state index in [2.05, 4.69) is 16.6 Å². The van der Waals surface area contributed by atoms with Crippen LogP contribution in [-0.2, 0) is 4.79 Å². The lowest BCUT2D eigenvalue weighted by molar-refractivity contribution is -0.124. The molecule has 1 aliphatic carbocycles. The minimum Gasteiger partial charge on any atom is -0.465 e. The molecule has 2 unspecified atom stereocenters. The van der Waals surface area contributed by atoms with Crippen LogP contribution in [0.15, 0.2) is 0 Å². The third-order valence-electron chi connectivity index (χ3n) is 2.50. The van der Waals surface area contributed by atoms with E-state index in [1.165, 1.54) is 0 Å². The monoisotopic (exact) mass is 210 g/mol. The van der Waals surface area contributed by atoms with E-state index in [1.807, 2.05) is 0 Å². The fourth-order valence-electron chi connectivity index (χ4n) is 1.81. The highest BCUT2D eigenvalue weighted by Crippen LogP contribution is 2.25. The van der Waals surface area contributed by atoms with Crippen molar-refractivity contribution in [2.75, 3.05) is 6.54 Å². The van der Waals surface area contributed by atoms with Gasteiger partial charge in [0.05, 0.1) is 6.54 Å². The van der Waals surface area contributed by atoms with Crippen LogP contribution in [0.3, 0.4) is 0 Å². The van der Waals surface area contributed by atoms with Crippen molar-refractivity contribution in [1.82, 2.24) is 10.6 Å². The normalized spacial score (nSPS) is 24.2. The maximum absolute atomic E-state index is 11.5. The summed E-state index contributed by atoms with van der Waals surface area (Å²) in [5, 5.41) is 13.5. The standard InChI is InChI=1S/C10H14N2O3/c1-2-5-11-9(13)7-3-4-8(6-7)12-10(14)15/h1,7-8,12H,3-6H2,(H,11,13)(H,14,15). The summed E-state index contributed by atoms with van der Waals surface area (Å²) in [7, 11) is 0. The Kier molecular flexibility index (Phi) is 3.98. The zero-order chi connectivity index (χ0) is 11.3. The predicted octanol–water partition coefficient (Wildman–Crippen LogP) is 0.172. The van der Waals surface area contributed by atoms with Crippen LogP contribution in [0, 0.1) is 18.3 Å². The first-order chi connectivity index (χ1) is 7.13. The molecule has 0 heterocycles. The van der Waals surface area contributed by atoms with Gasteiger partial charge in [-0.3, -0.25) is 4.79 Å². The molecule has 0 radical (unpaired) electrons. The molecule has 2 amide bonds. The highest BCUT2D eigenvalue weighted by atomic mass is 16.4. The molecule has 1 aliphatic rings.